The Hall–Kier alpha value is -2.86. The maximum atomic E-state index is 12.9. The zero-order chi connectivity index (χ0) is 19.3. The van der Waals surface area contributed by atoms with Gasteiger partial charge < -0.3 is 10.2 Å². The van der Waals surface area contributed by atoms with E-state index in [2.05, 4.69) is 10.3 Å². The number of rotatable bonds is 5. The number of nitrogens with zero attached hydrogens (tertiary/aromatic N) is 2. The standard InChI is InChI=1S/C22H21N3O2S/c26-21(25-13-3-4-14-25)15-28-20-11-2-1-7-17(20)22(27)24-19-10-5-9-18-16(19)8-6-12-23-18/h1-2,5-12H,3-4,13-15H2,(H,24,27). The molecule has 0 bridgehead atoms. The quantitative estimate of drug-likeness (QED) is 0.662. The van der Waals surface area contributed by atoms with Gasteiger partial charge in [0, 0.05) is 29.6 Å². The fourth-order valence-corrected chi connectivity index (χ4v) is 4.33. The van der Waals surface area contributed by atoms with E-state index in [-0.39, 0.29) is 11.8 Å². The first-order valence-electron chi connectivity index (χ1n) is 9.37. The van der Waals surface area contributed by atoms with Crippen LogP contribution >= 0.6 is 11.8 Å². The van der Waals surface area contributed by atoms with Crippen LogP contribution in [0.2, 0.25) is 0 Å². The molecule has 28 heavy (non-hydrogen) atoms. The van der Waals surface area contributed by atoms with E-state index in [1.165, 1.54) is 11.8 Å². The third-order valence-corrected chi connectivity index (χ3v) is 5.89. The number of fused-ring (bicyclic) bond motifs is 1. The van der Waals surface area contributed by atoms with Crippen molar-refractivity contribution in [3.8, 4) is 0 Å². The Bertz CT molecular complexity index is 1010. The molecule has 0 unspecified atom stereocenters. The zero-order valence-corrected chi connectivity index (χ0v) is 16.2. The second-order valence-electron chi connectivity index (χ2n) is 6.70. The summed E-state index contributed by atoms with van der Waals surface area (Å²) in [6.45, 7) is 1.69. The summed E-state index contributed by atoms with van der Waals surface area (Å²) in [4.78, 5) is 32.3. The summed E-state index contributed by atoms with van der Waals surface area (Å²) in [6, 6.07) is 16.9. The largest absolute Gasteiger partial charge is 0.342 e. The first-order valence-corrected chi connectivity index (χ1v) is 10.4. The number of carbonyl (C=O) groups excluding carboxylic acids is 2. The molecule has 2 amide bonds. The van der Waals surface area contributed by atoms with Gasteiger partial charge in [0.2, 0.25) is 5.91 Å². The molecule has 1 N–H and O–H groups in total. The van der Waals surface area contributed by atoms with Crippen molar-refractivity contribution in [3.05, 3.63) is 66.4 Å². The van der Waals surface area contributed by atoms with Crippen LogP contribution in [0.1, 0.15) is 23.2 Å². The Morgan fingerprint density at radius 3 is 2.68 bits per heavy atom. The number of thioether (sulfide) groups is 1. The lowest BCUT2D eigenvalue weighted by molar-refractivity contribution is -0.127. The maximum Gasteiger partial charge on any atom is 0.256 e. The molecule has 2 aromatic carbocycles. The fourth-order valence-electron chi connectivity index (χ4n) is 3.38. The van der Waals surface area contributed by atoms with Crippen molar-refractivity contribution in [1.82, 2.24) is 9.88 Å². The minimum Gasteiger partial charge on any atom is -0.342 e. The molecule has 3 aromatic rings. The second-order valence-corrected chi connectivity index (χ2v) is 7.72. The van der Waals surface area contributed by atoms with E-state index in [0.29, 0.717) is 11.3 Å². The van der Waals surface area contributed by atoms with Crippen LogP contribution in [0.5, 0.6) is 0 Å². The fraction of sp³-hybridized carbons (Fsp3) is 0.227. The van der Waals surface area contributed by atoms with E-state index >= 15 is 0 Å². The van der Waals surface area contributed by atoms with Gasteiger partial charge >= 0.3 is 0 Å². The number of hydrogen-bond donors (Lipinski definition) is 1. The molecule has 1 saturated heterocycles. The number of benzene rings is 2. The van der Waals surface area contributed by atoms with Crippen LogP contribution in [0.3, 0.4) is 0 Å². The molecule has 0 spiro atoms. The van der Waals surface area contributed by atoms with Crippen LogP contribution in [0, 0.1) is 0 Å². The van der Waals surface area contributed by atoms with Crippen LogP contribution in [0.25, 0.3) is 10.9 Å². The number of nitrogens with one attached hydrogen (secondary N) is 1. The van der Waals surface area contributed by atoms with E-state index in [1.54, 1.807) is 12.3 Å². The molecular formula is C22H21N3O2S. The zero-order valence-electron chi connectivity index (χ0n) is 15.4. The summed E-state index contributed by atoms with van der Waals surface area (Å²) in [5, 5.41) is 3.89. The van der Waals surface area contributed by atoms with Crippen LogP contribution < -0.4 is 5.32 Å². The van der Waals surface area contributed by atoms with Gasteiger partial charge in [0.25, 0.3) is 5.91 Å². The maximum absolute atomic E-state index is 12.9. The number of pyridine rings is 1. The predicted octanol–water partition coefficient (Wildman–Crippen LogP) is 4.20. The molecule has 142 valence electrons. The van der Waals surface area contributed by atoms with Crippen molar-refractivity contribution < 1.29 is 9.59 Å². The second kappa shape index (κ2) is 8.44. The molecule has 0 saturated carbocycles. The molecule has 6 heteroatoms. The van der Waals surface area contributed by atoms with Gasteiger partial charge in [0.1, 0.15) is 0 Å². The number of amides is 2. The first kappa shape index (κ1) is 18.5. The number of anilines is 1. The van der Waals surface area contributed by atoms with E-state index in [1.807, 2.05) is 53.4 Å². The SMILES string of the molecule is O=C(Nc1cccc2ncccc12)c1ccccc1SCC(=O)N1CCCC1. The molecule has 5 nitrogen and oxygen atoms in total. The van der Waals surface area contributed by atoms with Crippen molar-refractivity contribution >= 4 is 40.2 Å². The molecule has 1 fully saturated rings. The number of carbonyl (C=O) groups is 2. The van der Waals surface area contributed by atoms with Crippen molar-refractivity contribution in [3.63, 3.8) is 0 Å². The molecule has 2 heterocycles. The van der Waals surface area contributed by atoms with E-state index in [4.69, 9.17) is 0 Å². The van der Waals surface area contributed by atoms with Gasteiger partial charge in [-0.25, -0.2) is 0 Å². The van der Waals surface area contributed by atoms with Crippen LogP contribution in [-0.2, 0) is 4.79 Å². The van der Waals surface area contributed by atoms with Crippen molar-refractivity contribution in [1.29, 1.82) is 0 Å². The third kappa shape index (κ3) is 4.02. The smallest absolute Gasteiger partial charge is 0.256 e. The third-order valence-electron chi connectivity index (χ3n) is 4.84. The molecular weight excluding hydrogens is 370 g/mol. The minimum atomic E-state index is -0.187. The van der Waals surface area contributed by atoms with Crippen molar-refractivity contribution in [2.45, 2.75) is 17.7 Å². The van der Waals surface area contributed by atoms with Crippen LogP contribution in [0.15, 0.2) is 65.7 Å². The highest BCUT2D eigenvalue weighted by Gasteiger charge is 2.19. The Morgan fingerprint density at radius 1 is 1.00 bits per heavy atom. The van der Waals surface area contributed by atoms with Gasteiger partial charge in [0.05, 0.1) is 22.5 Å². The highest BCUT2D eigenvalue weighted by atomic mass is 32.2. The lowest BCUT2D eigenvalue weighted by atomic mass is 10.1. The average molecular weight is 391 g/mol. The molecule has 1 aliphatic heterocycles. The van der Waals surface area contributed by atoms with Gasteiger partial charge in [-0.05, 0) is 49.2 Å². The minimum absolute atomic E-state index is 0.137. The summed E-state index contributed by atoms with van der Waals surface area (Å²) in [5.74, 6) is 0.300. The topological polar surface area (TPSA) is 62.3 Å². The molecule has 0 atom stereocenters. The summed E-state index contributed by atoms with van der Waals surface area (Å²) in [5.41, 5.74) is 2.13. The number of aromatic nitrogens is 1. The molecule has 0 radical (unpaired) electrons. The number of likely N-dealkylation sites (tertiary alicyclic amines) is 1. The Kier molecular flexibility index (Phi) is 5.58. The van der Waals surface area contributed by atoms with E-state index in [9.17, 15) is 9.59 Å². The van der Waals surface area contributed by atoms with Crippen molar-refractivity contribution in [2.24, 2.45) is 0 Å². The first-order chi connectivity index (χ1) is 13.7. The van der Waals surface area contributed by atoms with Gasteiger partial charge in [0.15, 0.2) is 0 Å². The molecule has 1 aromatic heterocycles. The Labute approximate surface area is 168 Å². The molecule has 1 aliphatic rings. The highest BCUT2D eigenvalue weighted by molar-refractivity contribution is 8.00. The monoisotopic (exact) mass is 391 g/mol. The number of hydrogen-bond acceptors (Lipinski definition) is 4. The average Bonchev–Trinajstić information content (AvgIpc) is 3.27. The summed E-state index contributed by atoms with van der Waals surface area (Å²) >= 11 is 1.42. The Balaban J connectivity index is 1.50. The van der Waals surface area contributed by atoms with Gasteiger partial charge in [-0.15, -0.1) is 11.8 Å². The lowest BCUT2D eigenvalue weighted by Crippen LogP contribution is -2.29. The van der Waals surface area contributed by atoms with Crippen LogP contribution in [-0.4, -0.2) is 40.5 Å². The Morgan fingerprint density at radius 2 is 1.82 bits per heavy atom. The van der Waals surface area contributed by atoms with E-state index < -0.39 is 0 Å². The van der Waals surface area contributed by atoms with Crippen LogP contribution in [0.4, 0.5) is 5.69 Å². The summed E-state index contributed by atoms with van der Waals surface area (Å²) < 4.78 is 0. The normalized spacial score (nSPS) is 13.6. The summed E-state index contributed by atoms with van der Waals surface area (Å²) in [7, 11) is 0. The molecule has 0 aliphatic carbocycles. The summed E-state index contributed by atoms with van der Waals surface area (Å²) in [6.07, 6.45) is 3.89. The lowest BCUT2D eigenvalue weighted by Gasteiger charge is -2.15. The predicted molar refractivity (Wildman–Crippen MR) is 113 cm³/mol. The highest BCUT2D eigenvalue weighted by Crippen LogP contribution is 2.26. The van der Waals surface area contributed by atoms with Crippen molar-refractivity contribution in [2.75, 3.05) is 24.2 Å². The van der Waals surface area contributed by atoms with Gasteiger partial charge in [-0.2, -0.15) is 0 Å². The van der Waals surface area contributed by atoms with E-state index in [0.717, 1.165) is 47.4 Å². The van der Waals surface area contributed by atoms with Gasteiger partial charge in [-0.3, -0.25) is 14.6 Å². The molecule has 4 rings (SSSR count). The van der Waals surface area contributed by atoms with Gasteiger partial charge in [-0.1, -0.05) is 18.2 Å².